The van der Waals surface area contributed by atoms with Gasteiger partial charge in [-0.25, -0.2) is 4.79 Å². The third kappa shape index (κ3) is 3.45. The van der Waals surface area contributed by atoms with Crippen molar-refractivity contribution in [1.29, 1.82) is 0 Å². The van der Waals surface area contributed by atoms with Crippen molar-refractivity contribution in [3.8, 4) is 11.3 Å². The molecule has 1 aliphatic heterocycles. The van der Waals surface area contributed by atoms with Crippen LogP contribution in [0.4, 0.5) is 4.79 Å². The number of carbonyl (C=O) groups is 3. The molecule has 1 N–H and O–H groups in total. The second-order valence-corrected chi connectivity index (χ2v) is 7.60. The van der Waals surface area contributed by atoms with Crippen LogP contribution in [0.3, 0.4) is 0 Å². The standard InChI is InChI=1S/C20H16Cl2N2O4/c21-11-5-7-14(16(22)9-11)17-8-6-13(28-17)10-15-18(25)23-20(27)24(19(15)26)12-3-1-2-4-12/h5-10,12H,1-4H2,(H,23,25,27)/b15-10-. The molecule has 4 rings (SSSR count). The van der Waals surface area contributed by atoms with Gasteiger partial charge in [-0.3, -0.25) is 19.8 Å². The third-order valence-electron chi connectivity index (χ3n) is 4.93. The van der Waals surface area contributed by atoms with Gasteiger partial charge in [-0.2, -0.15) is 0 Å². The lowest BCUT2D eigenvalue weighted by Gasteiger charge is -2.30. The molecule has 6 nitrogen and oxygen atoms in total. The number of imide groups is 2. The minimum Gasteiger partial charge on any atom is -0.457 e. The average molecular weight is 419 g/mol. The molecule has 28 heavy (non-hydrogen) atoms. The van der Waals surface area contributed by atoms with E-state index in [0.717, 1.165) is 30.6 Å². The lowest BCUT2D eigenvalue weighted by molar-refractivity contribution is -0.131. The molecule has 0 spiro atoms. The maximum atomic E-state index is 12.8. The van der Waals surface area contributed by atoms with Crippen molar-refractivity contribution < 1.29 is 18.8 Å². The number of hydrogen-bond acceptors (Lipinski definition) is 4. The first-order valence-corrected chi connectivity index (χ1v) is 9.65. The predicted molar refractivity (Wildman–Crippen MR) is 105 cm³/mol. The molecule has 1 saturated carbocycles. The predicted octanol–water partition coefficient (Wildman–Crippen LogP) is 4.66. The van der Waals surface area contributed by atoms with E-state index >= 15 is 0 Å². The maximum Gasteiger partial charge on any atom is 0.331 e. The van der Waals surface area contributed by atoms with Crippen LogP contribution in [0.5, 0.6) is 0 Å². The Bertz CT molecular complexity index is 1010. The van der Waals surface area contributed by atoms with E-state index in [1.165, 1.54) is 6.08 Å². The van der Waals surface area contributed by atoms with Crippen LogP contribution in [0.2, 0.25) is 10.0 Å². The van der Waals surface area contributed by atoms with Gasteiger partial charge in [0.05, 0.1) is 5.02 Å². The van der Waals surface area contributed by atoms with Crippen molar-refractivity contribution in [2.24, 2.45) is 0 Å². The van der Waals surface area contributed by atoms with E-state index in [1.54, 1.807) is 30.3 Å². The molecule has 0 radical (unpaired) electrons. The Kier molecular flexibility index (Phi) is 5.00. The topological polar surface area (TPSA) is 79.6 Å². The Morgan fingerprint density at radius 2 is 1.82 bits per heavy atom. The van der Waals surface area contributed by atoms with Crippen molar-refractivity contribution in [1.82, 2.24) is 10.2 Å². The van der Waals surface area contributed by atoms with Gasteiger partial charge >= 0.3 is 6.03 Å². The van der Waals surface area contributed by atoms with Crippen LogP contribution in [-0.4, -0.2) is 28.8 Å². The Labute approximate surface area is 171 Å². The van der Waals surface area contributed by atoms with E-state index < -0.39 is 17.8 Å². The summed E-state index contributed by atoms with van der Waals surface area (Å²) in [5, 5.41) is 3.17. The van der Waals surface area contributed by atoms with E-state index in [1.807, 2.05) is 0 Å². The quantitative estimate of drug-likeness (QED) is 0.580. The summed E-state index contributed by atoms with van der Waals surface area (Å²) in [4.78, 5) is 38.3. The number of nitrogens with one attached hydrogen (secondary N) is 1. The molecule has 2 heterocycles. The second kappa shape index (κ2) is 7.45. The highest BCUT2D eigenvalue weighted by molar-refractivity contribution is 6.36. The fourth-order valence-electron chi connectivity index (χ4n) is 3.57. The molecular formula is C20H16Cl2N2O4. The number of nitrogens with zero attached hydrogens (tertiary/aromatic N) is 1. The van der Waals surface area contributed by atoms with Crippen LogP contribution in [-0.2, 0) is 9.59 Å². The molecule has 2 aliphatic rings. The lowest BCUT2D eigenvalue weighted by Crippen LogP contribution is -2.57. The Morgan fingerprint density at radius 3 is 2.54 bits per heavy atom. The van der Waals surface area contributed by atoms with E-state index in [-0.39, 0.29) is 11.6 Å². The SMILES string of the molecule is O=C1NC(=O)N(C2CCCC2)C(=O)/C1=C\c1ccc(-c2ccc(Cl)cc2Cl)o1. The fourth-order valence-corrected chi connectivity index (χ4v) is 4.07. The number of rotatable bonds is 3. The Hall–Kier alpha value is -2.57. The van der Waals surface area contributed by atoms with Gasteiger partial charge in [0.25, 0.3) is 11.8 Å². The molecular weight excluding hydrogens is 403 g/mol. The highest BCUT2D eigenvalue weighted by Gasteiger charge is 2.40. The summed E-state index contributed by atoms with van der Waals surface area (Å²) in [6.07, 6.45) is 4.76. The Balaban J connectivity index is 1.64. The van der Waals surface area contributed by atoms with E-state index in [2.05, 4.69) is 5.32 Å². The number of furan rings is 1. The maximum absolute atomic E-state index is 12.8. The number of hydrogen-bond donors (Lipinski definition) is 1. The van der Waals surface area contributed by atoms with Gasteiger partial charge in [0.15, 0.2) is 0 Å². The molecule has 4 amide bonds. The number of carbonyl (C=O) groups excluding carboxylic acids is 3. The van der Waals surface area contributed by atoms with E-state index in [0.29, 0.717) is 27.1 Å². The van der Waals surface area contributed by atoms with E-state index in [4.69, 9.17) is 27.6 Å². The highest BCUT2D eigenvalue weighted by Crippen LogP contribution is 2.32. The van der Waals surface area contributed by atoms with Crippen molar-refractivity contribution in [2.45, 2.75) is 31.7 Å². The molecule has 2 aromatic rings. The smallest absolute Gasteiger partial charge is 0.331 e. The number of halogens is 2. The fraction of sp³-hybridized carbons (Fsp3) is 0.250. The summed E-state index contributed by atoms with van der Waals surface area (Å²) in [6, 6.07) is 7.49. The first-order chi connectivity index (χ1) is 13.4. The number of urea groups is 1. The number of barbiturate groups is 1. The van der Waals surface area contributed by atoms with Gasteiger partial charge in [0.2, 0.25) is 0 Å². The number of amides is 4. The van der Waals surface area contributed by atoms with Crippen LogP contribution in [0.25, 0.3) is 17.4 Å². The van der Waals surface area contributed by atoms with Crippen LogP contribution in [0.15, 0.2) is 40.3 Å². The average Bonchev–Trinajstić information content (AvgIpc) is 3.31. The molecule has 1 saturated heterocycles. The minimum absolute atomic E-state index is 0.130. The first kappa shape index (κ1) is 18.8. The summed E-state index contributed by atoms with van der Waals surface area (Å²) >= 11 is 12.1. The molecule has 144 valence electrons. The molecule has 2 fully saturated rings. The van der Waals surface area contributed by atoms with E-state index in [9.17, 15) is 14.4 Å². The van der Waals surface area contributed by atoms with Crippen molar-refractivity contribution in [2.75, 3.05) is 0 Å². The van der Waals surface area contributed by atoms with Gasteiger partial charge in [0.1, 0.15) is 17.1 Å². The van der Waals surface area contributed by atoms with Gasteiger partial charge in [-0.1, -0.05) is 36.0 Å². The summed E-state index contributed by atoms with van der Waals surface area (Å²) < 4.78 is 5.74. The normalized spacial score (nSPS) is 19.6. The monoisotopic (exact) mass is 418 g/mol. The molecule has 0 unspecified atom stereocenters. The molecule has 0 bridgehead atoms. The van der Waals surface area contributed by atoms with Crippen LogP contribution >= 0.6 is 23.2 Å². The highest BCUT2D eigenvalue weighted by atomic mass is 35.5. The van der Waals surface area contributed by atoms with Crippen molar-refractivity contribution >= 4 is 47.1 Å². The first-order valence-electron chi connectivity index (χ1n) is 8.90. The zero-order valence-corrected chi connectivity index (χ0v) is 16.2. The molecule has 1 aromatic heterocycles. The molecule has 8 heteroatoms. The lowest BCUT2D eigenvalue weighted by atomic mass is 10.1. The van der Waals surface area contributed by atoms with Crippen LogP contribution < -0.4 is 5.32 Å². The summed E-state index contributed by atoms with van der Waals surface area (Å²) in [7, 11) is 0. The van der Waals surface area contributed by atoms with Crippen LogP contribution in [0.1, 0.15) is 31.4 Å². The largest absolute Gasteiger partial charge is 0.457 e. The summed E-state index contributed by atoms with van der Waals surface area (Å²) in [6.45, 7) is 0. The zero-order chi connectivity index (χ0) is 19.8. The minimum atomic E-state index is -0.730. The summed E-state index contributed by atoms with van der Waals surface area (Å²) in [5.41, 5.74) is 0.507. The summed E-state index contributed by atoms with van der Waals surface area (Å²) in [5.74, 6) is -0.545. The van der Waals surface area contributed by atoms with Gasteiger partial charge in [0, 0.05) is 16.6 Å². The van der Waals surface area contributed by atoms with Crippen molar-refractivity contribution in [3.63, 3.8) is 0 Å². The molecule has 1 aliphatic carbocycles. The molecule has 1 aromatic carbocycles. The van der Waals surface area contributed by atoms with Crippen LogP contribution in [0, 0.1) is 0 Å². The Morgan fingerprint density at radius 1 is 1.07 bits per heavy atom. The number of benzene rings is 1. The van der Waals surface area contributed by atoms with Crippen molar-refractivity contribution in [3.05, 3.63) is 51.7 Å². The van der Waals surface area contributed by atoms with Gasteiger partial charge in [-0.05, 0) is 49.2 Å². The third-order valence-corrected chi connectivity index (χ3v) is 5.48. The van der Waals surface area contributed by atoms with Gasteiger partial charge < -0.3 is 4.42 Å². The van der Waals surface area contributed by atoms with Gasteiger partial charge in [-0.15, -0.1) is 0 Å². The second-order valence-electron chi connectivity index (χ2n) is 6.76. The zero-order valence-electron chi connectivity index (χ0n) is 14.7. The molecule has 0 atom stereocenters.